The first-order valence-electron chi connectivity index (χ1n) is 6.44. The van der Waals surface area contributed by atoms with Gasteiger partial charge in [0, 0.05) is 42.2 Å². The molecule has 1 N–H and O–H groups in total. The van der Waals surface area contributed by atoms with Crippen LogP contribution in [0.4, 0.5) is 0 Å². The molecule has 1 rings (SSSR count). The monoisotopic (exact) mass is 245 g/mol. The Labute approximate surface area is 105 Å². The van der Waals surface area contributed by atoms with Crippen molar-refractivity contribution in [1.82, 2.24) is 4.90 Å². The largest absolute Gasteiger partial charge is 0.396 e. The molecule has 0 bridgehead atoms. The molecule has 0 atom stereocenters. The van der Waals surface area contributed by atoms with Crippen LogP contribution in [0.1, 0.15) is 40.5 Å². The summed E-state index contributed by atoms with van der Waals surface area (Å²) in [6.07, 6.45) is 2.15. The van der Waals surface area contributed by atoms with E-state index in [4.69, 9.17) is 0 Å². The third-order valence-electron chi connectivity index (χ3n) is 3.90. The van der Waals surface area contributed by atoms with Crippen molar-refractivity contribution in [3.63, 3.8) is 0 Å². The van der Waals surface area contributed by atoms with Crippen LogP contribution in [-0.4, -0.2) is 46.7 Å². The molecule has 0 spiro atoms. The van der Waals surface area contributed by atoms with Crippen molar-refractivity contribution in [3.8, 4) is 0 Å². The van der Waals surface area contributed by atoms with Gasteiger partial charge in [-0.3, -0.25) is 0 Å². The number of hydrogen-bond donors (Lipinski definition) is 1. The molecule has 3 heteroatoms. The van der Waals surface area contributed by atoms with Gasteiger partial charge in [-0.05, 0) is 26.7 Å². The smallest absolute Gasteiger partial charge is 0.0499 e. The Balaban J connectivity index is 2.58. The predicted molar refractivity (Wildman–Crippen MR) is 73.1 cm³/mol. The molecule has 16 heavy (non-hydrogen) atoms. The van der Waals surface area contributed by atoms with Crippen LogP contribution >= 0.6 is 11.8 Å². The topological polar surface area (TPSA) is 23.5 Å². The Hall–Kier alpha value is 0.270. The van der Waals surface area contributed by atoms with E-state index < -0.39 is 0 Å². The molecule has 1 aliphatic rings. The van der Waals surface area contributed by atoms with Crippen molar-refractivity contribution >= 4 is 11.8 Å². The average Bonchev–Trinajstić information content (AvgIpc) is 2.25. The first kappa shape index (κ1) is 14.3. The first-order chi connectivity index (χ1) is 7.47. The van der Waals surface area contributed by atoms with Gasteiger partial charge in [-0.15, -0.1) is 0 Å². The van der Waals surface area contributed by atoms with E-state index in [0.29, 0.717) is 11.4 Å². The number of rotatable bonds is 5. The Bertz CT molecular complexity index is 206. The minimum Gasteiger partial charge on any atom is -0.396 e. The van der Waals surface area contributed by atoms with Gasteiger partial charge in [0.1, 0.15) is 0 Å². The van der Waals surface area contributed by atoms with Gasteiger partial charge in [0.15, 0.2) is 0 Å². The molecule has 0 unspecified atom stereocenters. The van der Waals surface area contributed by atoms with Crippen LogP contribution in [-0.2, 0) is 0 Å². The fourth-order valence-corrected chi connectivity index (χ4v) is 3.65. The highest BCUT2D eigenvalue weighted by molar-refractivity contribution is 8.00. The molecule has 2 nitrogen and oxygen atoms in total. The van der Waals surface area contributed by atoms with E-state index in [0.717, 1.165) is 25.9 Å². The van der Waals surface area contributed by atoms with E-state index in [1.165, 1.54) is 12.3 Å². The van der Waals surface area contributed by atoms with Crippen molar-refractivity contribution in [2.24, 2.45) is 5.41 Å². The lowest BCUT2D eigenvalue weighted by atomic mass is 9.82. The van der Waals surface area contributed by atoms with Crippen molar-refractivity contribution in [2.75, 3.05) is 32.0 Å². The quantitative estimate of drug-likeness (QED) is 0.805. The minimum absolute atomic E-state index is 0.123. The van der Waals surface area contributed by atoms with Crippen LogP contribution in [0.5, 0.6) is 0 Å². The summed E-state index contributed by atoms with van der Waals surface area (Å²) < 4.78 is 0.376. The highest BCUT2D eigenvalue weighted by Crippen LogP contribution is 2.33. The minimum atomic E-state index is 0.123. The third kappa shape index (κ3) is 3.64. The van der Waals surface area contributed by atoms with Crippen molar-refractivity contribution < 1.29 is 5.11 Å². The summed E-state index contributed by atoms with van der Waals surface area (Å²) in [4.78, 5) is 2.54. The maximum atomic E-state index is 9.61. The molecule has 0 radical (unpaired) electrons. The van der Waals surface area contributed by atoms with Gasteiger partial charge in [-0.25, -0.2) is 0 Å². The number of thioether (sulfide) groups is 1. The van der Waals surface area contributed by atoms with Gasteiger partial charge in [-0.1, -0.05) is 13.8 Å². The highest BCUT2D eigenvalue weighted by Gasteiger charge is 2.33. The lowest BCUT2D eigenvalue weighted by Gasteiger charge is -2.42. The van der Waals surface area contributed by atoms with Crippen molar-refractivity contribution in [1.29, 1.82) is 0 Å². The van der Waals surface area contributed by atoms with Crippen molar-refractivity contribution in [3.05, 3.63) is 0 Å². The molecule has 0 aliphatic carbocycles. The van der Waals surface area contributed by atoms with Gasteiger partial charge >= 0.3 is 0 Å². The van der Waals surface area contributed by atoms with Gasteiger partial charge < -0.3 is 10.0 Å². The van der Waals surface area contributed by atoms with Gasteiger partial charge in [0.25, 0.3) is 0 Å². The van der Waals surface area contributed by atoms with E-state index in [1.54, 1.807) is 0 Å². The highest BCUT2D eigenvalue weighted by atomic mass is 32.2. The number of aliphatic hydroxyl groups is 1. The van der Waals surface area contributed by atoms with Gasteiger partial charge in [0.05, 0.1) is 0 Å². The Kier molecular flexibility index (Phi) is 5.14. The Morgan fingerprint density at radius 1 is 1.31 bits per heavy atom. The predicted octanol–water partition coefficient (Wildman–Crippen LogP) is 2.61. The summed E-state index contributed by atoms with van der Waals surface area (Å²) in [5.41, 5.74) is 0.123. The maximum Gasteiger partial charge on any atom is 0.0499 e. The molecular formula is C13H27NOS. The molecule has 1 fully saturated rings. The fraction of sp³-hybridized carbons (Fsp3) is 1.00. The molecule has 0 amide bonds. The number of nitrogens with zero attached hydrogens (tertiary/aromatic N) is 1. The van der Waals surface area contributed by atoms with Gasteiger partial charge in [-0.2, -0.15) is 11.8 Å². The van der Waals surface area contributed by atoms with E-state index >= 15 is 0 Å². The summed E-state index contributed by atoms with van der Waals surface area (Å²) in [5.74, 6) is 1.22. The summed E-state index contributed by atoms with van der Waals surface area (Å²) >= 11 is 2.07. The Morgan fingerprint density at radius 2 is 1.94 bits per heavy atom. The summed E-state index contributed by atoms with van der Waals surface area (Å²) in [6, 6.07) is 0. The van der Waals surface area contributed by atoms with Crippen LogP contribution in [0.2, 0.25) is 0 Å². The number of hydrogen-bond acceptors (Lipinski definition) is 3. The van der Waals surface area contributed by atoms with E-state index in [1.807, 2.05) is 0 Å². The maximum absolute atomic E-state index is 9.61. The Morgan fingerprint density at radius 3 is 2.38 bits per heavy atom. The van der Waals surface area contributed by atoms with Crippen LogP contribution in [0, 0.1) is 5.41 Å². The van der Waals surface area contributed by atoms with Gasteiger partial charge in [0.2, 0.25) is 0 Å². The third-order valence-corrected chi connectivity index (χ3v) is 5.20. The zero-order valence-electron chi connectivity index (χ0n) is 11.3. The molecule has 1 heterocycles. The average molecular weight is 245 g/mol. The summed E-state index contributed by atoms with van der Waals surface area (Å²) in [7, 11) is 0. The van der Waals surface area contributed by atoms with Crippen LogP contribution in [0.25, 0.3) is 0 Å². The second-order valence-corrected chi connectivity index (χ2v) is 7.49. The van der Waals surface area contributed by atoms with E-state index in [9.17, 15) is 5.11 Å². The number of aliphatic hydroxyl groups excluding tert-OH is 1. The standard InChI is InChI=1S/C13H27NOS/c1-5-13(6-2,11-15)10-14-7-8-16-12(3,4)9-14/h15H,5-11H2,1-4H3. The first-order valence-corrected chi connectivity index (χ1v) is 7.43. The van der Waals surface area contributed by atoms with E-state index in [2.05, 4.69) is 44.4 Å². The zero-order chi connectivity index (χ0) is 12.2. The summed E-state index contributed by atoms with van der Waals surface area (Å²) in [6.45, 7) is 12.7. The van der Waals surface area contributed by atoms with Crippen LogP contribution in [0.3, 0.4) is 0 Å². The molecule has 0 aromatic rings. The van der Waals surface area contributed by atoms with Crippen molar-refractivity contribution in [2.45, 2.75) is 45.3 Å². The molecule has 1 aliphatic heterocycles. The lowest BCUT2D eigenvalue weighted by Crippen LogP contribution is -2.48. The molecule has 96 valence electrons. The molecule has 0 aromatic carbocycles. The molecule has 0 saturated carbocycles. The zero-order valence-corrected chi connectivity index (χ0v) is 12.1. The second kappa shape index (κ2) is 5.74. The normalized spacial score (nSPS) is 22.3. The molecular weight excluding hydrogens is 218 g/mol. The molecule has 0 aromatic heterocycles. The lowest BCUT2D eigenvalue weighted by molar-refractivity contribution is 0.0638. The SMILES string of the molecule is CCC(CC)(CO)CN1CCSC(C)(C)C1. The van der Waals surface area contributed by atoms with Crippen LogP contribution < -0.4 is 0 Å². The second-order valence-electron chi connectivity index (χ2n) is 5.68. The summed E-state index contributed by atoms with van der Waals surface area (Å²) in [5, 5.41) is 9.61. The fourth-order valence-electron chi connectivity index (χ4n) is 2.47. The van der Waals surface area contributed by atoms with E-state index in [-0.39, 0.29) is 5.41 Å². The molecule has 1 saturated heterocycles. The van der Waals surface area contributed by atoms with Crippen LogP contribution in [0.15, 0.2) is 0 Å².